The maximum absolute atomic E-state index is 10.2. The second-order valence-corrected chi connectivity index (χ2v) is 10.1. The van der Waals surface area contributed by atoms with E-state index in [9.17, 15) is 20.4 Å². The van der Waals surface area contributed by atoms with Crippen LogP contribution in [0.15, 0.2) is 24.3 Å². The van der Waals surface area contributed by atoms with E-state index in [1.807, 2.05) is 6.07 Å². The molecule has 1 unspecified atom stereocenters. The molecule has 2 aromatic carbocycles. The minimum Gasteiger partial charge on any atom is -0.504 e. The third kappa shape index (κ3) is 5.78. The summed E-state index contributed by atoms with van der Waals surface area (Å²) in [5, 5.41) is 39.4. The minimum atomic E-state index is -0.0198. The molecule has 0 saturated carbocycles. The van der Waals surface area contributed by atoms with Crippen LogP contribution in [0.25, 0.3) is 0 Å². The lowest BCUT2D eigenvalue weighted by Gasteiger charge is -2.35. The zero-order chi connectivity index (χ0) is 24.1. The fourth-order valence-electron chi connectivity index (χ4n) is 5.72. The Bertz CT molecular complexity index is 977. The van der Waals surface area contributed by atoms with Crippen molar-refractivity contribution in [3.63, 3.8) is 0 Å². The molecule has 0 aromatic heterocycles. The molecule has 6 nitrogen and oxygen atoms in total. The first-order chi connectivity index (χ1) is 16.5. The Hall–Kier alpha value is -2.44. The van der Waals surface area contributed by atoms with Gasteiger partial charge in [0.15, 0.2) is 23.0 Å². The van der Waals surface area contributed by atoms with E-state index >= 15 is 0 Å². The molecule has 4 rings (SSSR count). The molecule has 1 aliphatic carbocycles. The number of unbranched alkanes of at least 4 members (excludes halogenated alkanes) is 3. The summed E-state index contributed by atoms with van der Waals surface area (Å²) in [6, 6.07) is 7.53. The largest absolute Gasteiger partial charge is 0.504 e. The summed E-state index contributed by atoms with van der Waals surface area (Å²) < 4.78 is 0. The smallest absolute Gasteiger partial charge is 0.160 e. The van der Waals surface area contributed by atoms with Crippen molar-refractivity contribution in [1.82, 2.24) is 9.80 Å². The first-order valence-electron chi connectivity index (χ1n) is 13.0. The predicted octanol–water partition coefficient (Wildman–Crippen LogP) is 4.70. The van der Waals surface area contributed by atoms with Crippen molar-refractivity contribution in [1.29, 1.82) is 0 Å². The second kappa shape index (κ2) is 11.3. The average molecular weight is 469 g/mol. The Labute approximate surface area is 203 Å². The number of phenolic OH excluding ortho intramolecular Hbond substituents is 4. The SMILES string of the molecule is CCCN(CCCCCCN1CCc2cc(O)c(O)cc2C1)C1CCc2c(ccc(O)c2O)C1. The van der Waals surface area contributed by atoms with Gasteiger partial charge < -0.3 is 25.3 Å². The van der Waals surface area contributed by atoms with E-state index in [1.54, 1.807) is 18.2 Å². The number of benzene rings is 2. The van der Waals surface area contributed by atoms with Crippen molar-refractivity contribution in [3.05, 3.63) is 46.5 Å². The standard InChI is InChI=1S/C28H40N2O4/c1-2-12-30(23-8-9-24-21(16-23)7-10-25(31)28(24)34)14-6-4-3-5-13-29-15-11-20-17-26(32)27(33)18-22(20)19-29/h7,10,17-18,23,31-34H,2-6,8-9,11-16,19H2,1H3. The van der Waals surface area contributed by atoms with Gasteiger partial charge in [0.1, 0.15) is 0 Å². The first kappa shape index (κ1) is 24.7. The molecule has 1 atom stereocenters. The Morgan fingerprint density at radius 2 is 1.62 bits per heavy atom. The van der Waals surface area contributed by atoms with Crippen molar-refractivity contribution < 1.29 is 20.4 Å². The highest BCUT2D eigenvalue weighted by Gasteiger charge is 2.26. The van der Waals surface area contributed by atoms with Gasteiger partial charge in [-0.25, -0.2) is 0 Å². The van der Waals surface area contributed by atoms with Crippen molar-refractivity contribution >= 4 is 0 Å². The first-order valence-corrected chi connectivity index (χ1v) is 13.0. The van der Waals surface area contributed by atoms with Crippen LogP contribution >= 0.6 is 0 Å². The van der Waals surface area contributed by atoms with Gasteiger partial charge in [0.25, 0.3) is 0 Å². The maximum atomic E-state index is 10.2. The second-order valence-electron chi connectivity index (χ2n) is 10.1. The van der Waals surface area contributed by atoms with Gasteiger partial charge in [-0.3, -0.25) is 4.90 Å². The molecule has 0 saturated heterocycles. The Morgan fingerprint density at radius 1 is 0.853 bits per heavy atom. The third-order valence-electron chi connectivity index (χ3n) is 7.63. The van der Waals surface area contributed by atoms with Crippen LogP contribution in [0.1, 0.15) is 67.7 Å². The van der Waals surface area contributed by atoms with Gasteiger partial charge >= 0.3 is 0 Å². The van der Waals surface area contributed by atoms with E-state index in [0.717, 1.165) is 81.5 Å². The molecule has 0 fully saturated rings. The molecule has 0 radical (unpaired) electrons. The Kier molecular flexibility index (Phi) is 8.22. The molecule has 2 aromatic rings. The predicted molar refractivity (Wildman–Crippen MR) is 135 cm³/mol. The number of aromatic hydroxyl groups is 4. The zero-order valence-corrected chi connectivity index (χ0v) is 20.5. The molecule has 0 amide bonds. The van der Waals surface area contributed by atoms with Gasteiger partial charge in [-0.15, -0.1) is 0 Å². The van der Waals surface area contributed by atoms with Crippen LogP contribution in [-0.2, 0) is 25.8 Å². The monoisotopic (exact) mass is 468 g/mol. The van der Waals surface area contributed by atoms with Crippen LogP contribution in [0.3, 0.4) is 0 Å². The van der Waals surface area contributed by atoms with Gasteiger partial charge in [-0.05, 0) is 99.5 Å². The summed E-state index contributed by atoms with van der Waals surface area (Å²) in [7, 11) is 0. The topological polar surface area (TPSA) is 87.4 Å². The van der Waals surface area contributed by atoms with Crippen LogP contribution in [0, 0.1) is 0 Å². The average Bonchev–Trinajstić information content (AvgIpc) is 2.83. The highest BCUT2D eigenvalue weighted by atomic mass is 16.3. The van der Waals surface area contributed by atoms with Gasteiger partial charge in [0, 0.05) is 24.7 Å². The van der Waals surface area contributed by atoms with Crippen LogP contribution in [0.4, 0.5) is 0 Å². The van der Waals surface area contributed by atoms with Crippen molar-refractivity contribution in [2.24, 2.45) is 0 Å². The molecule has 0 spiro atoms. The van der Waals surface area contributed by atoms with E-state index in [0.29, 0.717) is 6.04 Å². The van der Waals surface area contributed by atoms with Gasteiger partial charge in [-0.2, -0.15) is 0 Å². The molecule has 6 heteroatoms. The van der Waals surface area contributed by atoms with E-state index in [2.05, 4.69) is 16.7 Å². The zero-order valence-electron chi connectivity index (χ0n) is 20.5. The van der Waals surface area contributed by atoms with Crippen molar-refractivity contribution in [2.45, 2.75) is 77.3 Å². The van der Waals surface area contributed by atoms with Gasteiger partial charge in [0.2, 0.25) is 0 Å². The third-order valence-corrected chi connectivity index (χ3v) is 7.63. The number of hydrogen-bond acceptors (Lipinski definition) is 6. The number of hydrogen-bond donors (Lipinski definition) is 4. The number of fused-ring (bicyclic) bond motifs is 2. The maximum Gasteiger partial charge on any atom is 0.160 e. The molecule has 2 aliphatic rings. The molecule has 186 valence electrons. The fraction of sp³-hybridized carbons (Fsp3) is 0.571. The van der Waals surface area contributed by atoms with Crippen LogP contribution in [0.2, 0.25) is 0 Å². The van der Waals surface area contributed by atoms with E-state index in [4.69, 9.17) is 0 Å². The molecule has 34 heavy (non-hydrogen) atoms. The van der Waals surface area contributed by atoms with E-state index < -0.39 is 0 Å². The molecule has 1 heterocycles. The summed E-state index contributed by atoms with van der Waals surface area (Å²) in [6.45, 7) is 7.42. The Morgan fingerprint density at radius 3 is 2.41 bits per heavy atom. The summed E-state index contributed by atoms with van der Waals surface area (Å²) in [4.78, 5) is 5.09. The van der Waals surface area contributed by atoms with Gasteiger partial charge in [-0.1, -0.05) is 25.8 Å². The highest BCUT2D eigenvalue weighted by molar-refractivity contribution is 5.50. The minimum absolute atomic E-state index is 0.00572. The lowest BCUT2D eigenvalue weighted by Crippen LogP contribution is -2.40. The molecule has 4 N–H and O–H groups in total. The van der Waals surface area contributed by atoms with Crippen molar-refractivity contribution in [3.8, 4) is 23.0 Å². The molecule has 0 bridgehead atoms. The van der Waals surface area contributed by atoms with Crippen molar-refractivity contribution in [2.75, 3.05) is 26.2 Å². The van der Waals surface area contributed by atoms with Crippen LogP contribution in [-0.4, -0.2) is 62.4 Å². The summed E-state index contributed by atoms with van der Waals surface area (Å²) in [6.07, 6.45) is 9.75. The van der Waals surface area contributed by atoms with Gasteiger partial charge in [0.05, 0.1) is 0 Å². The quantitative estimate of drug-likeness (QED) is 0.299. The van der Waals surface area contributed by atoms with Crippen LogP contribution < -0.4 is 0 Å². The fourth-order valence-corrected chi connectivity index (χ4v) is 5.72. The summed E-state index contributed by atoms with van der Waals surface area (Å²) in [5.41, 5.74) is 4.40. The van der Waals surface area contributed by atoms with E-state index in [-0.39, 0.29) is 23.0 Å². The molecular weight excluding hydrogens is 428 g/mol. The Balaban J connectivity index is 1.18. The number of phenols is 4. The highest BCUT2D eigenvalue weighted by Crippen LogP contribution is 2.37. The molecule has 1 aliphatic heterocycles. The number of nitrogens with zero attached hydrogens (tertiary/aromatic N) is 2. The van der Waals surface area contributed by atoms with Crippen LogP contribution in [0.5, 0.6) is 23.0 Å². The number of rotatable bonds is 10. The normalized spacial score (nSPS) is 18.1. The summed E-state index contributed by atoms with van der Waals surface area (Å²) >= 11 is 0. The van der Waals surface area contributed by atoms with E-state index in [1.165, 1.54) is 31.2 Å². The lowest BCUT2D eigenvalue weighted by molar-refractivity contribution is 0.174. The molecular formula is C28H40N2O4. The lowest BCUT2D eigenvalue weighted by atomic mass is 9.86. The summed E-state index contributed by atoms with van der Waals surface area (Å²) in [5.74, 6) is 0.0341.